The van der Waals surface area contributed by atoms with E-state index in [-0.39, 0.29) is 11.8 Å². The Balaban J connectivity index is 1.67. The molecule has 3 rings (SSSR count). The summed E-state index contributed by atoms with van der Waals surface area (Å²) in [7, 11) is 0. The fourth-order valence-electron chi connectivity index (χ4n) is 3.27. The SMILES string of the molecule is CC(Cn1ncc2c1CCCC2)C(=O)N[C@H](C(=O)O)c1ccccc1. The van der Waals surface area contributed by atoms with E-state index in [0.29, 0.717) is 12.1 Å². The van der Waals surface area contributed by atoms with E-state index in [1.54, 1.807) is 31.2 Å². The first kappa shape index (κ1) is 17.2. The van der Waals surface area contributed by atoms with E-state index in [1.165, 1.54) is 17.7 Å². The standard InChI is InChI=1S/C19H23N3O3/c1-13(12-22-16-10-6-5-9-15(16)11-20-22)18(23)21-17(19(24)25)14-7-3-2-4-8-14/h2-4,7-8,11,13,17H,5-6,9-10,12H2,1H3,(H,21,23)(H,24,25)/t13?,17-/m0/s1. The van der Waals surface area contributed by atoms with Crippen LogP contribution in [0.3, 0.4) is 0 Å². The fourth-order valence-corrected chi connectivity index (χ4v) is 3.27. The van der Waals surface area contributed by atoms with E-state index in [4.69, 9.17) is 0 Å². The molecule has 1 unspecified atom stereocenters. The first-order valence-electron chi connectivity index (χ1n) is 8.68. The van der Waals surface area contributed by atoms with Gasteiger partial charge in [-0.1, -0.05) is 37.3 Å². The number of hydrogen-bond acceptors (Lipinski definition) is 3. The molecule has 0 aliphatic heterocycles. The monoisotopic (exact) mass is 341 g/mol. The molecule has 1 aliphatic carbocycles. The topological polar surface area (TPSA) is 84.2 Å². The fraction of sp³-hybridized carbons (Fsp3) is 0.421. The number of carbonyl (C=O) groups is 2. The molecule has 6 heteroatoms. The van der Waals surface area contributed by atoms with E-state index in [9.17, 15) is 14.7 Å². The second-order valence-corrected chi connectivity index (χ2v) is 6.60. The van der Waals surface area contributed by atoms with Crippen LogP contribution in [0, 0.1) is 5.92 Å². The lowest BCUT2D eigenvalue weighted by molar-refractivity contribution is -0.142. The Morgan fingerprint density at radius 1 is 1.24 bits per heavy atom. The Morgan fingerprint density at radius 2 is 1.96 bits per heavy atom. The Morgan fingerprint density at radius 3 is 2.68 bits per heavy atom. The third-order valence-electron chi connectivity index (χ3n) is 4.71. The second kappa shape index (κ2) is 7.51. The molecule has 2 aromatic rings. The van der Waals surface area contributed by atoms with Gasteiger partial charge in [0.05, 0.1) is 18.7 Å². The molecule has 6 nitrogen and oxygen atoms in total. The normalized spacial score (nSPS) is 15.9. The number of nitrogens with one attached hydrogen (secondary N) is 1. The van der Waals surface area contributed by atoms with Gasteiger partial charge in [0.1, 0.15) is 0 Å². The highest BCUT2D eigenvalue weighted by Gasteiger charge is 2.25. The Labute approximate surface area is 146 Å². The summed E-state index contributed by atoms with van der Waals surface area (Å²) in [5, 5.41) is 16.5. The molecule has 1 amide bonds. The van der Waals surface area contributed by atoms with Gasteiger partial charge in [0.15, 0.2) is 6.04 Å². The van der Waals surface area contributed by atoms with E-state index in [2.05, 4.69) is 10.4 Å². The predicted octanol–water partition coefficient (Wildman–Crippen LogP) is 2.34. The molecule has 2 N–H and O–H groups in total. The van der Waals surface area contributed by atoms with Crippen molar-refractivity contribution in [3.63, 3.8) is 0 Å². The zero-order valence-corrected chi connectivity index (χ0v) is 14.3. The number of aliphatic carboxylic acids is 1. The molecule has 0 saturated carbocycles. The quantitative estimate of drug-likeness (QED) is 0.845. The molecule has 0 saturated heterocycles. The van der Waals surface area contributed by atoms with Gasteiger partial charge in [0.2, 0.25) is 5.91 Å². The summed E-state index contributed by atoms with van der Waals surface area (Å²) in [6.07, 6.45) is 6.26. The number of aryl methyl sites for hydroxylation is 1. The molecule has 0 spiro atoms. The van der Waals surface area contributed by atoms with Crippen LogP contribution in [0.25, 0.3) is 0 Å². The highest BCUT2D eigenvalue weighted by molar-refractivity contribution is 5.85. The Hall–Kier alpha value is -2.63. The van der Waals surface area contributed by atoms with Gasteiger partial charge in [0, 0.05) is 5.69 Å². The third-order valence-corrected chi connectivity index (χ3v) is 4.71. The van der Waals surface area contributed by atoms with Gasteiger partial charge in [-0.05, 0) is 36.8 Å². The molecule has 1 aromatic carbocycles. The van der Waals surface area contributed by atoms with Crippen LogP contribution >= 0.6 is 0 Å². The number of carboxylic acid groups (broad SMARTS) is 1. The maximum absolute atomic E-state index is 12.5. The third kappa shape index (κ3) is 3.90. The van der Waals surface area contributed by atoms with Crippen LogP contribution < -0.4 is 5.32 Å². The number of fused-ring (bicyclic) bond motifs is 1. The molecule has 0 fully saturated rings. The summed E-state index contributed by atoms with van der Waals surface area (Å²) < 4.78 is 1.90. The molecule has 0 bridgehead atoms. The lowest BCUT2D eigenvalue weighted by Crippen LogP contribution is -2.38. The molecule has 1 heterocycles. The second-order valence-electron chi connectivity index (χ2n) is 6.60. The van der Waals surface area contributed by atoms with Crippen molar-refractivity contribution in [2.24, 2.45) is 5.92 Å². The smallest absolute Gasteiger partial charge is 0.330 e. The van der Waals surface area contributed by atoms with Gasteiger partial charge in [-0.25, -0.2) is 4.79 Å². The van der Waals surface area contributed by atoms with Crippen molar-refractivity contribution in [3.05, 3.63) is 53.3 Å². The van der Waals surface area contributed by atoms with Gasteiger partial charge >= 0.3 is 5.97 Å². The molecule has 1 aromatic heterocycles. The summed E-state index contributed by atoms with van der Waals surface area (Å²) in [6.45, 7) is 2.26. The number of rotatable bonds is 6. The summed E-state index contributed by atoms with van der Waals surface area (Å²) in [5.41, 5.74) is 3.04. The molecular weight excluding hydrogens is 318 g/mol. The van der Waals surface area contributed by atoms with Gasteiger partial charge in [0.25, 0.3) is 0 Å². The molecule has 1 aliphatic rings. The molecule has 25 heavy (non-hydrogen) atoms. The minimum atomic E-state index is -1.07. The van der Waals surface area contributed by atoms with Crippen molar-refractivity contribution in [1.29, 1.82) is 0 Å². The van der Waals surface area contributed by atoms with Crippen molar-refractivity contribution in [2.45, 2.75) is 45.2 Å². The predicted molar refractivity (Wildman–Crippen MR) is 93.0 cm³/mol. The van der Waals surface area contributed by atoms with Crippen LogP contribution in [-0.4, -0.2) is 26.8 Å². The van der Waals surface area contributed by atoms with E-state index in [1.807, 2.05) is 16.9 Å². The summed E-state index contributed by atoms with van der Waals surface area (Å²) in [5.74, 6) is -1.71. The van der Waals surface area contributed by atoms with Crippen molar-refractivity contribution in [1.82, 2.24) is 15.1 Å². The Kier molecular flexibility index (Phi) is 5.16. The maximum Gasteiger partial charge on any atom is 0.330 e. The van der Waals surface area contributed by atoms with Crippen molar-refractivity contribution >= 4 is 11.9 Å². The van der Waals surface area contributed by atoms with Gasteiger partial charge in [-0.3, -0.25) is 9.48 Å². The highest BCUT2D eigenvalue weighted by atomic mass is 16.4. The molecule has 2 atom stereocenters. The van der Waals surface area contributed by atoms with E-state index in [0.717, 1.165) is 19.3 Å². The highest BCUT2D eigenvalue weighted by Crippen LogP contribution is 2.21. The van der Waals surface area contributed by atoms with E-state index >= 15 is 0 Å². The van der Waals surface area contributed by atoms with Crippen LogP contribution in [0.4, 0.5) is 0 Å². The summed E-state index contributed by atoms with van der Waals surface area (Å²) in [6, 6.07) is 7.70. The number of aromatic nitrogens is 2. The molecular formula is C19H23N3O3. The van der Waals surface area contributed by atoms with Crippen molar-refractivity contribution in [3.8, 4) is 0 Å². The number of hydrogen-bond donors (Lipinski definition) is 2. The van der Waals surface area contributed by atoms with Crippen LogP contribution in [0.2, 0.25) is 0 Å². The maximum atomic E-state index is 12.5. The van der Waals surface area contributed by atoms with Crippen LogP contribution in [0.15, 0.2) is 36.5 Å². The van der Waals surface area contributed by atoms with Crippen LogP contribution in [0.1, 0.15) is 42.6 Å². The number of benzene rings is 1. The molecule has 132 valence electrons. The lowest BCUT2D eigenvalue weighted by Gasteiger charge is -2.20. The van der Waals surface area contributed by atoms with Gasteiger partial charge in [-0.15, -0.1) is 0 Å². The van der Waals surface area contributed by atoms with Crippen molar-refractivity contribution < 1.29 is 14.7 Å². The largest absolute Gasteiger partial charge is 0.479 e. The zero-order chi connectivity index (χ0) is 17.8. The number of carbonyl (C=O) groups excluding carboxylic acids is 1. The zero-order valence-electron chi connectivity index (χ0n) is 14.3. The minimum Gasteiger partial charge on any atom is -0.479 e. The van der Waals surface area contributed by atoms with Crippen LogP contribution in [0.5, 0.6) is 0 Å². The Bertz CT molecular complexity index is 755. The average Bonchev–Trinajstić information content (AvgIpc) is 3.03. The summed E-state index contributed by atoms with van der Waals surface area (Å²) >= 11 is 0. The average molecular weight is 341 g/mol. The summed E-state index contributed by atoms with van der Waals surface area (Å²) in [4.78, 5) is 24.0. The number of amides is 1. The first-order valence-corrected chi connectivity index (χ1v) is 8.68. The van der Waals surface area contributed by atoms with Crippen LogP contribution in [-0.2, 0) is 29.0 Å². The van der Waals surface area contributed by atoms with Gasteiger partial charge in [-0.2, -0.15) is 5.10 Å². The lowest BCUT2D eigenvalue weighted by atomic mass is 9.98. The number of nitrogens with zero attached hydrogens (tertiary/aromatic N) is 2. The van der Waals surface area contributed by atoms with Gasteiger partial charge < -0.3 is 10.4 Å². The van der Waals surface area contributed by atoms with Crippen molar-refractivity contribution in [2.75, 3.05) is 0 Å². The molecule has 0 radical (unpaired) electrons. The van der Waals surface area contributed by atoms with E-state index < -0.39 is 12.0 Å². The minimum absolute atomic E-state index is 0.281. The number of carboxylic acids is 1. The first-order chi connectivity index (χ1) is 12.1.